The van der Waals surface area contributed by atoms with E-state index < -0.39 is 5.69 Å². The smallest absolute Gasteiger partial charge is 0.306 e. The third-order valence-electron chi connectivity index (χ3n) is 5.02. The van der Waals surface area contributed by atoms with Gasteiger partial charge in [0, 0.05) is 12.4 Å². The molecule has 6 heteroatoms. The Kier molecular flexibility index (Phi) is 5.30. The van der Waals surface area contributed by atoms with Gasteiger partial charge in [-0.2, -0.15) is 5.10 Å². The molecule has 0 bridgehead atoms. The number of aromatic amines is 1. The molecule has 0 aliphatic rings. The fourth-order valence-corrected chi connectivity index (χ4v) is 3.39. The SMILES string of the molecule is Cc1ccc(N(C)/N=c2/c3cc(Cc4ccccc4)ccc3[nH]c(=O)n2C=O)cc1. The van der Waals surface area contributed by atoms with Gasteiger partial charge in [0.25, 0.3) is 0 Å². The van der Waals surface area contributed by atoms with Crippen LogP contribution in [0.2, 0.25) is 0 Å². The molecule has 150 valence electrons. The van der Waals surface area contributed by atoms with E-state index >= 15 is 0 Å². The maximum Gasteiger partial charge on any atom is 0.334 e. The van der Waals surface area contributed by atoms with Crippen LogP contribution < -0.4 is 16.2 Å². The number of nitrogens with zero attached hydrogens (tertiary/aromatic N) is 3. The summed E-state index contributed by atoms with van der Waals surface area (Å²) in [6, 6.07) is 23.8. The fraction of sp³-hybridized carbons (Fsp3) is 0.125. The monoisotopic (exact) mass is 398 g/mol. The van der Waals surface area contributed by atoms with Gasteiger partial charge in [-0.25, -0.2) is 9.36 Å². The molecule has 0 radical (unpaired) electrons. The molecule has 0 aliphatic carbocycles. The second kappa shape index (κ2) is 8.21. The molecule has 3 aromatic carbocycles. The minimum absolute atomic E-state index is 0.293. The first-order valence-corrected chi connectivity index (χ1v) is 9.67. The van der Waals surface area contributed by atoms with Gasteiger partial charge >= 0.3 is 5.69 Å². The Morgan fingerprint density at radius 1 is 1.00 bits per heavy atom. The Morgan fingerprint density at radius 3 is 2.43 bits per heavy atom. The van der Waals surface area contributed by atoms with E-state index in [0.717, 1.165) is 27.8 Å². The number of aryl methyl sites for hydroxylation is 1. The van der Waals surface area contributed by atoms with E-state index in [9.17, 15) is 9.59 Å². The standard InChI is InChI=1S/C24H22N4O2/c1-17-8-11-20(12-9-17)27(2)26-23-21-15-19(14-18-6-4-3-5-7-18)10-13-22(21)25-24(30)28(23)16-29/h3-13,15-16H,14H2,1-2H3,(H,25,30)/b26-23-. The number of benzene rings is 3. The van der Waals surface area contributed by atoms with E-state index in [1.807, 2.05) is 67.6 Å². The summed E-state index contributed by atoms with van der Waals surface area (Å²) >= 11 is 0. The van der Waals surface area contributed by atoms with E-state index in [1.54, 1.807) is 12.1 Å². The van der Waals surface area contributed by atoms with Crippen LogP contribution in [0.4, 0.5) is 5.69 Å². The second-order valence-electron chi connectivity index (χ2n) is 7.23. The van der Waals surface area contributed by atoms with Gasteiger partial charge in [0.2, 0.25) is 6.41 Å². The topological polar surface area (TPSA) is 70.5 Å². The normalized spacial score (nSPS) is 11.6. The van der Waals surface area contributed by atoms with Gasteiger partial charge in [-0.3, -0.25) is 9.80 Å². The van der Waals surface area contributed by atoms with Crippen molar-refractivity contribution in [3.05, 3.63) is 105 Å². The molecule has 0 atom stereocenters. The van der Waals surface area contributed by atoms with Crippen molar-refractivity contribution in [3.8, 4) is 0 Å². The Labute approximate surface area is 173 Å². The van der Waals surface area contributed by atoms with Crippen LogP contribution in [-0.4, -0.2) is 23.0 Å². The highest BCUT2D eigenvalue weighted by Crippen LogP contribution is 2.15. The van der Waals surface area contributed by atoms with Crippen LogP contribution in [0.5, 0.6) is 0 Å². The summed E-state index contributed by atoms with van der Waals surface area (Å²) in [5.41, 5.74) is 4.64. The predicted molar refractivity (Wildman–Crippen MR) is 119 cm³/mol. The van der Waals surface area contributed by atoms with E-state index in [1.165, 1.54) is 5.56 Å². The third-order valence-corrected chi connectivity index (χ3v) is 5.02. The minimum atomic E-state index is -0.524. The van der Waals surface area contributed by atoms with Gasteiger partial charge in [-0.15, -0.1) is 0 Å². The average Bonchev–Trinajstić information content (AvgIpc) is 2.75. The van der Waals surface area contributed by atoms with Gasteiger partial charge in [0.15, 0.2) is 5.49 Å². The summed E-state index contributed by atoms with van der Waals surface area (Å²) in [7, 11) is 1.79. The molecule has 1 N–H and O–H groups in total. The first-order valence-electron chi connectivity index (χ1n) is 9.67. The molecule has 6 nitrogen and oxygen atoms in total. The van der Waals surface area contributed by atoms with Crippen molar-refractivity contribution in [2.45, 2.75) is 13.3 Å². The van der Waals surface area contributed by atoms with Gasteiger partial charge in [0.1, 0.15) is 0 Å². The Balaban J connectivity index is 1.88. The summed E-state index contributed by atoms with van der Waals surface area (Å²) in [5.74, 6) is 0. The van der Waals surface area contributed by atoms with Crippen LogP contribution in [0.25, 0.3) is 10.9 Å². The number of rotatable bonds is 5. The van der Waals surface area contributed by atoms with Crippen molar-refractivity contribution < 1.29 is 4.79 Å². The van der Waals surface area contributed by atoms with Crippen molar-refractivity contribution in [1.82, 2.24) is 9.55 Å². The maximum atomic E-state index is 12.4. The van der Waals surface area contributed by atoms with Crippen molar-refractivity contribution in [2.24, 2.45) is 5.10 Å². The molecule has 1 aromatic heterocycles. The van der Waals surface area contributed by atoms with Crippen LogP contribution in [0.15, 0.2) is 82.7 Å². The number of fused-ring (bicyclic) bond motifs is 1. The minimum Gasteiger partial charge on any atom is -0.306 e. The summed E-state index contributed by atoms with van der Waals surface area (Å²) in [6.45, 7) is 2.01. The Hall–Kier alpha value is -3.93. The van der Waals surface area contributed by atoms with Crippen molar-refractivity contribution in [1.29, 1.82) is 0 Å². The van der Waals surface area contributed by atoms with Crippen LogP contribution in [0.1, 0.15) is 16.7 Å². The fourth-order valence-electron chi connectivity index (χ4n) is 3.39. The van der Waals surface area contributed by atoms with Gasteiger partial charge in [-0.1, -0.05) is 54.1 Å². The zero-order valence-corrected chi connectivity index (χ0v) is 16.9. The highest BCUT2D eigenvalue weighted by Gasteiger charge is 2.09. The van der Waals surface area contributed by atoms with Gasteiger partial charge < -0.3 is 4.98 Å². The maximum absolute atomic E-state index is 12.4. The summed E-state index contributed by atoms with van der Waals surface area (Å²) in [6.07, 6.45) is 1.23. The lowest BCUT2D eigenvalue weighted by molar-refractivity contribution is 0.541. The molecule has 30 heavy (non-hydrogen) atoms. The number of hydrogen-bond acceptors (Lipinski definition) is 4. The third kappa shape index (κ3) is 3.93. The average molecular weight is 398 g/mol. The second-order valence-corrected chi connectivity index (χ2v) is 7.23. The lowest BCUT2D eigenvalue weighted by atomic mass is 10.0. The molecule has 0 aliphatic heterocycles. The molecule has 0 saturated heterocycles. The van der Waals surface area contributed by atoms with E-state index in [0.29, 0.717) is 22.8 Å². The highest BCUT2D eigenvalue weighted by molar-refractivity contribution is 5.79. The first-order chi connectivity index (χ1) is 14.5. The highest BCUT2D eigenvalue weighted by atomic mass is 16.2. The van der Waals surface area contributed by atoms with Gasteiger partial charge in [-0.05, 0) is 48.7 Å². The number of hydrogen-bond donors (Lipinski definition) is 1. The van der Waals surface area contributed by atoms with Crippen molar-refractivity contribution >= 4 is 23.0 Å². The Morgan fingerprint density at radius 2 is 1.73 bits per heavy atom. The van der Waals surface area contributed by atoms with Crippen LogP contribution >= 0.6 is 0 Å². The lowest BCUT2D eigenvalue weighted by Crippen LogP contribution is -2.37. The predicted octanol–water partition coefficient (Wildman–Crippen LogP) is 3.22. The quantitative estimate of drug-likeness (QED) is 0.415. The van der Waals surface area contributed by atoms with Crippen molar-refractivity contribution in [2.75, 3.05) is 12.1 Å². The van der Waals surface area contributed by atoms with Gasteiger partial charge in [0.05, 0.1) is 11.2 Å². The zero-order valence-electron chi connectivity index (χ0n) is 16.9. The lowest BCUT2D eigenvalue weighted by Gasteiger charge is -2.14. The number of anilines is 1. The van der Waals surface area contributed by atoms with Crippen LogP contribution in [0.3, 0.4) is 0 Å². The molecule has 0 amide bonds. The Bertz CT molecular complexity index is 1320. The van der Waals surface area contributed by atoms with E-state index in [2.05, 4.69) is 22.2 Å². The number of carbonyl (C=O) groups is 1. The number of nitrogens with one attached hydrogen (secondary N) is 1. The molecule has 4 aromatic rings. The van der Waals surface area contributed by atoms with E-state index in [-0.39, 0.29) is 0 Å². The molecule has 1 heterocycles. The number of carbonyl (C=O) groups excluding carboxylic acids is 1. The zero-order chi connectivity index (χ0) is 21.1. The van der Waals surface area contributed by atoms with Crippen molar-refractivity contribution in [3.63, 3.8) is 0 Å². The summed E-state index contributed by atoms with van der Waals surface area (Å²) < 4.78 is 0.999. The number of aromatic nitrogens is 2. The molecule has 0 fully saturated rings. The molecule has 0 unspecified atom stereocenters. The number of H-pyrrole nitrogens is 1. The summed E-state index contributed by atoms with van der Waals surface area (Å²) in [4.78, 5) is 26.9. The molecule has 0 spiro atoms. The van der Waals surface area contributed by atoms with Crippen LogP contribution in [-0.2, 0) is 11.2 Å². The summed E-state index contributed by atoms with van der Waals surface area (Å²) in [5, 5.41) is 6.98. The molecule has 4 rings (SSSR count). The molecule has 0 saturated carbocycles. The molecular formula is C24H22N4O2. The molecular weight excluding hydrogens is 376 g/mol. The van der Waals surface area contributed by atoms with Crippen LogP contribution in [0, 0.1) is 6.92 Å². The largest absolute Gasteiger partial charge is 0.334 e. The first kappa shape index (κ1) is 19.4. The van der Waals surface area contributed by atoms with E-state index in [4.69, 9.17) is 0 Å².